The average molecular weight is 254 g/mol. The molecule has 2 rings (SSSR count). The van der Waals surface area contributed by atoms with Gasteiger partial charge in [-0.3, -0.25) is 0 Å². The van der Waals surface area contributed by atoms with Crippen LogP contribution >= 0.6 is 0 Å². The lowest BCUT2D eigenvalue weighted by Gasteiger charge is -2.36. The van der Waals surface area contributed by atoms with Gasteiger partial charge in [0, 0.05) is 6.54 Å². The summed E-state index contributed by atoms with van der Waals surface area (Å²) in [7, 11) is 0. The van der Waals surface area contributed by atoms with Crippen molar-refractivity contribution >= 4 is 6.01 Å². The lowest BCUT2D eigenvalue weighted by atomic mass is 10.1. The Kier molecular flexibility index (Phi) is 4.54. The quantitative estimate of drug-likeness (QED) is 0.851. The maximum absolute atomic E-state index is 5.69. The standard InChI is InChI=1S/C12H22N4O2/c1-4-10-8-17-9(3)7-16(10)12-15-14-11(18-12)6-13-5-2/h9-10,13H,4-8H2,1-3H3. The number of hydrogen-bond donors (Lipinski definition) is 1. The van der Waals surface area contributed by atoms with Crippen LogP contribution in [0.2, 0.25) is 0 Å². The number of nitrogens with zero attached hydrogens (tertiary/aromatic N) is 3. The van der Waals surface area contributed by atoms with Crippen LogP contribution in [0.4, 0.5) is 6.01 Å². The minimum absolute atomic E-state index is 0.205. The van der Waals surface area contributed by atoms with E-state index in [1.165, 1.54) is 0 Å². The van der Waals surface area contributed by atoms with Crippen LogP contribution in [0.3, 0.4) is 0 Å². The molecular weight excluding hydrogens is 232 g/mol. The van der Waals surface area contributed by atoms with Crippen LogP contribution < -0.4 is 10.2 Å². The molecule has 2 heterocycles. The summed E-state index contributed by atoms with van der Waals surface area (Å²) < 4.78 is 11.4. The molecule has 1 N–H and O–H groups in total. The average Bonchev–Trinajstić information content (AvgIpc) is 2.85. The smallest absolute Gasteiger partial charge is 0.318 e. The Morgan fingerprint density at radius 1 is 1.39 bits per heavy atom. The van der Waals surface area contributed by atoms with Gasteiger partial charge in [-0.25, -0.2) is 0 Å². The second-order valence-corrected chi connectivity index (χ2v) is 4.62. The van der Waals surface area contributed by atoms with Crippen LogP contribution in [0.5, 0.6) is 0 Å². The molecule has 1 aliphatic heterocycles. The van der Waals surface area contributed by atoms with Gasteiger partial charge < -0.3 is 19.4 Å². The van der Waals surface area contributed by atoms with E-state index in [1.807, 2.05) is 6.92 Å². The van der Waals surface area contributed by atoms with E-state index in [-0.39, 0.29) is 6.10 Å². The van der Waals surface area contributed by atoms with Crippen molar-refractivity contribution in [3.05, 3.63) is 5.89 Å². The molecule has 6 nitrogen and oxygen atoms in total. The van der Waals surface area contributed by atoms with Crippen molar-refractivity contribution in [2.75, 3.05) is 24.6 Å². The predicted octanol–water partition coefficient (Wildman–Crippen LogP) is 1.18. The Labute approximate surface area is 108 Å². The first kappa shape index (κ1) is 13.3. The van der Waals surface area contributed by atoms with Crippen LogP contribution in [-0.4, -0.2) is 42.0 Å². The van der Waals surface area contributed by atoms with Gasteiger partial charge in [-0.05, 0) is 19.9 Å². The highest BCUT2D eigenvalue weighted by atomic mass is 16.5. The zero-order valence-corrected chi connectivity index (χ0v) is 11.3. The summed E-state index contributed by atoms with van der Waals surface area (Å²) in [5.74, 6) is 0.640. The highest BCUT2D eigenvalue weighted by molar-refractivity contribution is 5.28. The van der Waals surface area contributed by atoms with Gasteiger partial charge in [0.05, 0.1) is 25.3 Å². The van der Waals surface area contributed by atoms with Gasteiger partial charge in [-0.15, -0.1) is 5.10 Å². The first-order chi connectivity index (χ1) is 8.74. The van der Waals surface area contributed by atoms with Crippen molar-refractivity contribution in [1.82, 2.24) is 15.5 Å². The number of morpholine rings is 1. The summed E-state index contributed by atoms with van der Waals surface area (Å²) in [6.45, 7) is 9.31. The molecule has 1 saturated heterocycles. The number of rotatable bonds is 5. The van der Waals surface area contributed by atoms with Gasteiger partial charge in [-0.2, -0.15) is 0 Å². The van der Waals surface area contributed by atoms with Crippen molar-refractivity contribution in [1.29, 1.82) is 0 Å². The fourth-order valence-corrected chi connectivity index (χ4v) is 2.08. The molecule has 2 atom stereocenters. The molecule has 2 unspecified atom stereocenters. The van der Waals surface area contributed by atoms with Crippen LogP contribution in [0.1, 0.15) is 33.1 Å². The van der Waals surface area contributed by atoms with Crippen molar-refractivity contribution in [2.45, 2.75) is 45.9 Å². The molecule has 0 spiro atoms. The third kappa shape index (κ3) is 3.00. The fourth-order valence-electron chi connectivity index (χ4n) is 2.08. The maximum Gasteiger partial charge on any atom is 0.318 e. The Morgan fingerprint density at radius 3 is 2.94 bits per heavy atom. The summed E-state index contributed by atoms with van der Waals surface area (Å²) in [5, 5.41) is 11.4. The van der Waals surface area contributed by atoms with Crippen LogP contribution in [-0.2, 0) is 11.3 Å². The summed E-state index contributed by atoms with van der Waals surface area (Å²) in [5.41, 5.74) is 0. The first-order valence-corrected chi connectivity index (χ1v) is 6.65. The van der Waals surface area contributed by atoms with Crippen LogP contribution in [0, 0.1) is 0 Å². The van der Waals surface area contributed by atoms with E-state index in [4.69, 9.17) is 9.15 Å². The number of hydrogen-bond acceptors (Lipinski definition) is 6. The monoisotopic (exact) mass is 254 g/mol. The normalized spacial score (nSPS) is 24.5. The van der Waals surface area contributed by atoms with E-state index in [0.717, 1.165) is 26.1 Å². The van der Waals surface area contributed by atoms with Gasteiger partial charge >= 0.3 is 6.01 Å². The van der Waals surface area contributed by atoms with Crippen molar-refractivity contribution in [3.63, 3.8) is 0 Å². The van der Waals surface area contributed by atoms with Gasteiger partial charge in [0.1, 0.15) is 0 Å². The summed E-state index contributed by atoms with van der Waals surface area (Å²) in [6, 6.07) is 0.943. The lowest BCUT2D eigenvalue weighted by Crippen LogP contribution is -2.48. The van der Waals surface area contributed by atoms with E-state index in [0.29, 0.717) is 24.5 Å². The number of nitrogens with one attached hydrogen (secondary N) is 1. The van der Waals surface area contributed by atoms with E-state index >= 15 is 0 Å². The van der Waals surface area contributed by atoms with Crippen LogP contribution in [0.25, 0.3) is 0 Å². The molecule has 0 amide bonds. The summed E-state index contributed by atoms with van der Waals surface area (Å²) >= 11 is 0. The topological polar surface area (TPSA) is 63.4 Å². The minimum atomic E-state index is 0.205. The molecule has 1 aromatic heterocycles. The fraction of sp³-hybridized carbons (Fsp3) is 0.833. The highest BCUT2D eigenvalue weighted by Crippen LogP contribution is 2.22. The Bertz CT molecular complexity index is 369. The molecule has 1 aromatic rings. The van der Waals surface area contributed by atoms with Crippen molar-refractivity contribution in [2.24, 2.45) is 0 Å². The highest BCUT2D eigenvalue weighted by Gasteiger charge is 2.29. The van der Waals surface area contributed by atoms with Gasteiger partial charge in [0.2, 0.25) is 5.89 Å². The van der Waals surface area contributed by atoms with Gasteiger partial charge in [0.25, 0.3) is 0 Å². The Hall–Kier alpha value is -1.14. The third-order valence-electron chi connectivity index (χ3n) is 3.17. The molecule has 1 aliphatic rings. The predicted molar refractivity (Wildman–Crippen MR) is 68.5 cm³/mol. The SMILES string of the molecule is CCNCc1nnc(N2CC(C)OCC2CC)o1. The molecular formula is C12H22N4O2. The Morgan fingerprint density at radius 2 is 2.22 bits per heavy atom. The molecule has 0 saturated carbocycles. The second kappa shape index (κ2) is 6.15. The zero-order chi connectivity index (χ0) is 13.0. The molecule has 1 fully saturated rings. The van der Waals surface area contributed by atoms with E-state index in [2.05, 4.69) is 34.3 Å². The van der Waals surface area contributed by atoms with E-state index < -0.39 is 0 Å². The van der Waals surface area contributed by atoms with Gasteiger partial charge in [0.15, 0.2) is 0 Å². The number of ether oxygens (including phenoxy) is 1. The molecule has 18 heavy (non-hydrogen) atoms. The summed E-state index contributed by atoms with van der Waals surface area (Å²) in [6.07, 6.45) is 1.22. The number of aromatic nitrogens is 2. The zero-order valence-electron chi connectivity index (χ0n) is 11.3. The first-order valence-electron chi connectivity index (χ1n) is 6.65. The second-order valence-electron chi connectivity index (χ2n) is 4.62. The molecule has 102 valence electrons. The minimum Gasteiger partial charge on any atom is -0.407 e. The lowest BCUT2D eigenvalue weighted by molar-refractivity contribution is 0.0277. The van der Waals surface area contributed by atoms with Crippen molar-refractivity contribution < 1.29 is 9.15 Å². The molecule has 0 radical (unpaired) electrons. The molecule has 0 bridgehead atoms. The number of anilines is 1. The molecule has 0 aromatic carbocycles. The van der Waals surface area contributed by atoms with E-state index in [9.17, 15) is 0 Å². The van der Waals surface area contributed by atoms with Gasteiger partial charge in [-0.1, -0.05) is 18.9 Å². The molecule has 0 aliphatic carbocycles. The summed E-state index contributed by atoms with van der Waals surface area (Å²) in [4.78, 5) is 2.16. The van der Waals surface area contributed by atoms with Crippen LogP contribution in [0.15, 0.2) is 4.42 Å². The largest absolute Gasteiger partial charge is 0.407 e. The Balaban J connectivity index is 2.05. The third-order valence-corrected chi connectivity index (χ3v) is 3.17. The van der Waals surface area contributed by atoms with Crippen molar-refractivity contribution in [3.8, 4) is 0 Å². The molecule has 6 heteroatoms. The maximum atomic E-state index is 5.69. The van der Waals surface area contributed by atoms with E-state index in [1.54, 1.807) is 0 Å².